The summed E-state index contributed by atoms with van der Waals surface area (Å²) < 4.78 is 27.9. The van der Waals surface area contributed by atoms with Crippen molar-refractivity contribution in [2.45, 2.75) is 38.9 Å². The molecule has 0 saturated carbocycles. The van der Waals surface area contributed by atoms with Gasteiger partial charge in [0.15, 0.2) is 5.82 Å². The fourth-order valence-corrected chi connectivity index (χ4v) is 4.42. The zero-order valence-corrected chi connectivity index (χ0v) is 20.0. The minimum Gasteiger partial charge on any atom is -0.299 e. The molecule has 2 N–H and O–H groups in total. The van der Waals surface area contributed by atoms with Gasteiger partial charge in [0.05, 0.1) is 17.8 Å². The minimum absolute atomic E-state index is 0.333. The first-order valence-corrected chi connectivity index (χ1v) is 12.6. The molecule has 172 valence electrons. The van der Waals surface area contributed by atoms with Crippen LogP contribution < -0.4 is 10.0 Å². The summed E-state index contributed by atoms with van der Waals surface area (Å²) in [6.07, 6.45) is 1.13. The molecule has 0 bridgehead atoms. The van der Waals surface area contributed by atoms with E-state index in [0.29, 0.717) is 18.1 Å². The number of rotatable bonds is 7. The summed E-state index contributed by atoms with van der Waals surface area (Å²) in [5.41, 5.74) is 2.16. The lowest BCUT2D eigenvalue weighted by Crippen LogP contribution is -2.32. The highest BCUT2D eigenvalue weighted by atomic mass is 32.2. The van der Waals surface area contributed by atoms with Crippen molar-refractivity contribution in [2.24, 2.45) is 0 Å². The number of hydrogen-bond donors (Lipinski definition) is 2. The molecule has 4 rings (SSSR count). The fraction of sp³-hybridized carbons (Fsp3) is 0.292. The highest BCUT2D eigenvalue weighted by Crippen LogP contribution is 2.27. The summed E-state index contributed by atoms with van der Waals surface area (Å²) in [6, 6.07) is 21.4. The molecule has 0 aliphatic carbocycles. The predicted octanol–water partition coefficient (Wildman–Crippen LogP) is 3.83. The molecule has 1 unspecified atom stereocenters. The van der Waals surface area contributed by atoms with E-state index in [2.05, 4.69) is 49.8 Å². The Hall–Kier alpha value is -3.30. The third-order valence-corrected chi connectivity index (χ3v) is 5.89. The largest absolute Gasteiger partial charge is 0.299 e. The molecular formula is C24H28N6O2S. The molecule has 0 radical (unpaired) electrons. The Labute approximate surface area is 194 Å². The summed E-state index contributed by atoms with van der Waals surface area (Å²) in [4.78, 5) is 0. The zero-order valence-electron chi connectivity index (χ0n) is 19.1. The van der Waals surface area contributed by atoms with Crippen LogP contribution in [0.2, 0.25) is 0 Å². The first kappa shape index (κ1) is 22.9. The number of anilines is 1. The number of aromatic nitrogens is 4. The van der Waals surface area contributed by atoms with Gasteiger partial charge in [-0.3, -0.25) is 10.0 Å². The van der Waals surface area contributed by atoms with Gasteiger partial charge in [-0.15, -0.1) is 5.10 Å². The van der Waals surface area contributed by atoms with E-state index in [1.807, 2.05) is 57.2 Å². The molecule has 33 heavy (non-hydrogen) atoms. The zero-order chi connectivity index (χ0) is 23.6. The van der Waals surface area contributed by atoms with Crippen molar-refractivity contribution in [3.8, 4) is 0 Å². The monoisotopic (exact) mass is 464 g/mol. The number of nitrogens with zero attached hydrogens (tertiary/aromatic N) is 4. The van der Waals surface area contributed by atoms with Gasteiger partial charge in [-0.2, -0.15) is 0 Å². The second-order valence-corrected chi connectivity index (χ2v) is 10.8. The Morgan fingerprint density at radius 2 is 1.73 bits per heavy atom. The summed E-state index contributed by atoms with van der Waals surface area (Å²) in [5, 5.41) is 18.5. The number of nitrogens with one attached hydrogen (secondary N) is 2. The fourth-order valence-electron chi connectivity index (χ4n) is 3.86. The molecule has 0 saturated heterocycles. The van der Waals surface area contributed by atoms with Gasteiger partial charge in [0, 0.05) is 12.2 Å². The standard InChI is InChI=1S/C24H28N6O2S/c1-24(2,3)30-23(26-28-29-30)22(18-11-8-13-20(15-18)27-33(4,31)32)25-16-19-12-7-10-17-9-5-6-14-21(17)19/h5-15,22,25,27H,16H2,1-4H3. The normalized spacial score (nSPS) is 13.2. The number of tetrazole rings is 1. The minimum atomic E-state index is -3.40. The molecule has 0 fully saturated rings. The van der Waals surface area contributed by atoms with E-state index in [-0.39, 0.29) is 11.6 Å². The van der Waals surface area contributed by atoms with Crippen LogP contribution in [-0.2, 0) is 22.1 Å². The summed E-state index contributed by atoms with van der Waals surface area (Å²) >= 11 is 0. The van der Waals surface area contributed by atoms with Crippen molar-refractivity contribution in [2.75, 3.05) is 11.0 Å². The van der Waals surface area contributed by atoms with Crippen molar-refractivity contribution in [1.82, 2.24) is 25.5 Å². The topological polar surface area (TPSA) is 102 Å². The molecule has 0 aliphatic heterocycles. The van der Waals surface area contributed by atoms with Gasteiger partial charge in [0.2, 0.25) is 10.0 Å². The average molecular weight is 465 g/mol. The van der Waals surface area contributed by atoms with E-state index >= 15 is 0 Å². The molecule has 4 aromatic rings. The highest BCUT2D eigenvalue weighted by Gasteiger charge is 2.27. The Bertz CT molecular complexity index is 1370. The van der Waals surface area contributed by atoms with Crippen LogP contribution in [0.3, 0.4) is 0 Å². The van der Waals surface area contributed by atoms with Gasteiger partial charge in [0.25, 0.3) is 0 Å². The van der Waals surface area contributed by atoms with Crippen LogP contribution in [0, 0.1) is 0 Å². The second-order valence-electron chi connectivity index (χ2n) is 9.07. The van der Waals surface area contributed by atoms with Crippen LogP contribution in [-0.4, -0.2) is 34.9 Å². The van der Waals surface area contributed by atoms with Gasteiger partial charge in [-0.1, -0.05) is 54.6 Å². The molecule has 8 nitrogen and oxygen atoms in total. The van der Waals surface area contributed by atoms with Gasteiger partial charge < -0.3 is 0 Å². The second kappa shape index (κ2) is 8.92. The van der Waals surface area contributed by atoms with Crippen molar-refractivity contribution >= 4 is 26.5 Å². The molecule has 1 aromatic heterocycles. The third kappa shape index (κ3) is 5.37. The van der Waals surface area contributed by atoms with Crippen LogP contribution in [0.4, 0.5) is 5.69 Å². The van der Waals surface area contributed by atoms with Crippen molar-refractivity contribution in [3.63, 3.8) is 0 Å². The van der Waals surface area contributed by atoms with E-state index < -0.39 is 10.0 Å². The van der Waals surface area contributed by atoms with Gasteiger partial charge in [-0.05, 0) is 65.2 Å². The van der Waals surface area contributed by atoms with Gasteiger partial charge >= 0.3 is 0 Å². The highest BCUT2D eigenvalue weighted by molar-refractivity contribution is 7.92. The number of benzene rings is 3. The molecule has 0 spiro atoms. The first-order valence-electron chi connectivity index (χ1n) is 10.7. The Balaban J connectivity index is 1.74. The maximum Gasteiger partial charge on any atom is 0.229 e. The van der Waals surface area contributed by atoms with Crippen molar-refractivity contribution in [1.29, 1.82) is 0 Å². The molecule has 3 aromatic carbocycles. The van der Waals surface area contributed by atoms with Crippen molar-refractivity contribution < 1.29 is 8.42 Å². The van der Waals surface area contributed by atoms with E-state index in [1.165, 1.54) is 10.8 Å². The molecule has 1 heterocycles. The molecule has 9 heteroatoms. The summed E-state index contributed by atoms with van der Waals surface area (Å²) in [5.74, 6) is 0.652. The van der Waals surface area contributed by atoms with E-state index in [0.717, 1.165) is 17.4 Å². The maximum absolute atomic E-state index is 11.8. The Morgan fingerprint density at radius 3 is 2.48 bits per heavy atom. The van der Waals surface area contributed by atoms with Crippen LogP contribution in [0.25, 0.3) is 10.8 Å². The lowest BCUT2D eigenvalue weighted by molar-refractivity contribution is 0.325. The quantitative estimate of drug-likeness (QED) is 0.431. The third-order valence-electron chi connectivity index (χ3n) is 5.29. The maximum atomic E-state index is 11.8. The molecule has 1 atom stereocenters. The van der Waals surface area contributed by atoms with E-state index in [9.17, 15) is 8.42 Å². The smallest absolute Gasteiger partial charge is 0.229 e. The lowest BCUT2D eigenvalue weighted by Gasteiger charge is -2.25. The first-order chi connectivity index (χ1) is 15.6. The predicted molar refractivity (Wildman–Crippen MR) is 130 cm³/mol. The number of fused-ring (bicyclic) bond motifs is 1. The SMILES string of the molecule is CC(C)(C)n1nnnc1C(NCc1cccc2ccccc12)c1cccc(NS(C)(=O)=O)c1. The number of hydrogen-bond acceptors (Lipinski definition) is 6. The van der Waals surface area contributed by atoms with E-state index in [4.69, 9.17) is 0 Å². The van der Waals surface area contributed by atoms with Crippen LogP contribution in [0.1, 0.15) is 43.8 Å². The number of sulfonamides is 1. The van der Waals surface area contributed by atoms with Crippen LogP contribution in [0.15, 0.2) is 66.7 Å². The molecular weight excluding hydrogens is 436 g/mol. The Morgan fingerprint density at radius 1 is 1.00 bits per heavy atom. The van der Waals surface area contributed by atoms with Crippen molar-refractivity contribution in [3.05, 3.63) is 83.7 Å². The lowest BCUT2D eigenvalue weighted by atomic mass is 10.0. The summed E-state index contributed by atoms with van der Waals surface area (Å²) in [7, 11) is -3.40. The van der Waals surface area contributed by atoms with Gasteiger partial charge in [-0.25, -0.2) is 13.1 Å². The molecule has 0 amide bonds. The molecule has 0 aliphatic rings. The Kier molecular flexibility index (Phi) is 6.18. The average Bonchev–Trinajstić information content (AvgIpc) is 3.23. The van der Waals surface area contributed by atoms with Crippen LogP contribution >= 0.6 is 0 Å². The van der Waals surface area contributed by atoms with E-state index in [1.54, 1.807) is 10.7 Å². The summed E-state index contributed by atoms with van der Waals surface area (Å²) in [6.45, 7) is 6.69. The van der Waals surface area contributed by atoms with Crippen LogP contribution in [0.5, 0.6) is 0 Å². The van der Waals surface area contributed by atoms with Gasteiger partial charge in [0.1, 0.15) is 0 Å².